The lowest BCUT2D eigenvalue weighted by molar-refractivity contribution is -0.105. The van der Waals surface area contributed by atoms with Gasteiger partial charge in [-0.25, -0.2) is 4.52 Å². The molecular formula is C16H21BrN4O3. The third-order valence-electron chi connectivity index (χ3n) is 4.67. The van der Waals surface area contributed by atoms with E-state index in [1.165, 1.54) is 0 Å². The van der Waals surface area contributed by atoms with E-state index in [0.29, 0.717) is 25.5 Å². The van der Waals surface area contributed by atoms with Gasteiger partial charge < -0.3 is 15.2 Å². The number of fused-ring (bicyclic) bond motifs is 1. The number of morpholine rings is 1. The number of nitrogens with one attached hydrogen (secondary N) is 1. The van der Waals surface area contributed by atoms with E-state index in [0.717, 1.165) is 9.99 Å². The molecule has 0 spiro atoms. The molecule has 2 aromatic rings. The zero-order valence-electron chi connectivity index (χ0n) is 13.7. The van der Waals surface area contributed by atoms with E-state index in [4.69, 9.17) is 4.74 Å². The van der Waals surface area contributed by atoms with Crippen molar-refractivity contribution in [1.29, 1.82) is 0 Å². The van der Waals surface area contributed by atoms with Gasteiger partial charge in [0.05, 0.1) is 30.9 Å². The Labute approximate surface area is 148 Å². The van der Waals surface area contributed by atoms with Crippen LogP contribution in [0.2, 0.25) is 0 Å². The molecule has 2 atom stereocenters. The van der Waals surface area contributed by atoms with Crippen LogP contribution in [0.4, 0.5) is 0 Å². The van der Waals surface area contributed by atoms with E-state index < -0.39 is 5.54 Å². The fraction of sp³-hybridized carbons (Fsp3) is 0.500. The zero-order chi connectivity index (χ0) is 17.3. The lowest BCUT2D eigenvalue weighted by atomic mass is 9.96. The fourth-order valence-electron chi connectivity index (χ4n) is 2.90. The van der Waals surface area contributed by atoms with Gasteiger partial charge in [0.2, 0.25) is 0 Å². The lowest BCUT2D eigenvalue weighted by Crippen LogP contribution is -2.65. The van der Waals surface area contributed by atoms with Crippen molar-refractivity contribution in [2.75, 3.05) is 33.4 Å². The number of likely N-dealkylation sites (N-methyl/N-ethyl adjacent to an activating group) is 1. The maximum atomic E-state index is 12.4. The molecule has 0 aromatic carbocycles. The molecule has 0 bridgehead atoms. The molecule has 1 saturated heterocycles. The second-order valence-corrected chi connectivity index (χ2v) is 7.20. The minimum Gasteiger partial charge on any atom is -0.394 e. The highest BCUT2D eigenvalue weighted by molar-refractivity contribution is 9.10. The van der Waals surface area contributed by atoms with Gasteiger partial charge in [0.25, 0.3) is 5.91 Å². The second kappa shape index (κ2) is 6.79. The highest BCUT2D eigenvalue weighted by atomic mass is 79.9. The van der Waals surface area contributed by atoms with Crippen LogP contribution >= 0.6 is 15.9 Å². The summed E-state index contributed by atoms with van der Waals surface area (Å²) in [7, 11) is 1.94. The first-order valence-electron chi connectivity index (χ1n) is 7.80. The van der Waals surface area contributed by atoms with Crippen molar-refractivity contribution < 1.29 is 14.6 Å². The number of aromatic nitrogens is 2. The van der Waals surface area contributed by atoms with Gasteiger partial charge in [-0.3, -0.25) is 9.69 Å². The number of aliphatic hydroxyl groups excluding tert-OH is 1. The normalized spacial score (nSPS) is 25.1. The predicted octanol–water partition coefficient (Wildman–Crippen LogP) is 0.908. The number of carbonyl (C=O) groups is 1. The van der Waals surface area contributed by atoms with Crippen LogP contribution < -0.4 is 5.32 Å². The van der Waals surface area contributed by atoms with Crippen molar-refractivity contribution in [2.24, 2.45) is 0 Å². The Bertz CT molecular complexity index is 750. The van der Waals surface area contributed by atoms with Crippen molar-refractivity contribution in [1.82, 2.24) is 19.8 Å². The molecule has 0 aliphatic carbocycles. The second-order valence-electron chi connectivity index (χ2n) is 6.29. The molecule has 7 nitrogen and oxygen atoms in total. The fourth-order valence-corrected chi connectivity index (χ4v) is 3.22. The molecule has 1 aliphatic heterocycles. The molecule has 3 heterocycles. The third-order valence-corrected chi connectivity index (χ3v) is 5.14. The Kier molecular flexibility index (Phi) is 4.91. The summed E-state index contributed by atoms with van der Waals surface area (Å²) in [6.45, 7) is 3.23. The van der Waals surface area contributed by atoms with Crippen molar-refractivity contribution in [3.8, 4) is 0 Å². The summed E-state index contributed by atoms with van der Waals surface area (Å²) in [6, 6.07) is 5.69. The third kappa shape index (κ3) is 3.19. The van der Waals surface area contributed by atoms with E-state index >= 15 is 0 Å². The number of hydrogen-bond acceptors (Lipinski definition) is 5. The molecular weight excluding hydrogens is 376 g/mol. The van der Waals surface area contributed by atoms with Gasteiger partial charge in [0.15, 0.2) is 5.69 Å². The number of hydrogen-bond donors (Lipinski definition) is 2. The average Bonchev–Trinajstić information content (AvgIpc) is 2.99. The number of nitrogens with zero attached hydrogens (tertiary/aromatic N) is 3. The van der Waals surface area contributed by atoms with Crippen molar-refractivity contribution in [3.63, 3.8) is 0 Å². The number of amides is 1. The highest BCUT2D eigenvalue weighted by Crippen LogP contribution is 2.21. The van der Waals surface area contributed by atoms with Gasteiger partial charge in [-0.2, -0.15) is 5.10 Å². The molecule has 1 fully saturated rings. The smallest absolute Gasteiger partial charge is 0.271 e. The molecule has 24 heavy (non-hydrogen) atoms. The Hall–Kier alpha value is -1.48. The minimum absolute atomic E-state index is 0.0910. The summed E-state index contributed by atoms with van der Waals surface area (Å²) in [5.41, 5.74) is 0.566. The quantitative estimate of drug-likeness (QED) is 0.802. The first-order chi connectivity index (χ1) is 11.4. The SMILES string of the molecule is C[C@@H]1COC[C@@](CO)(CNC(=O)c2cc3ccc(Br)cn3n2)N1C. The Balaban J connectivity index is 1.73. The summed E-state index contributed by atoms with van der Waals surface area (Å²) in [5, 5.41) is 17.0. The number of rotatable bonds is 4. The molecule has 0 saturated carbocycles. The Morgan fingerprint density at radius 1 is 1.58 bits per heavy atom. The van der Waals surface area contributed by atoms with Gasteiger partial charge in [0, 0.05) is 23.3 Å². The number of carbonyl (C=O) groups excluding carboxylic acids is 1. The van der Waals surface area contributed by atoms with Crippen LogP contribution in [0.5, 0.6) is 0 Å². The maximum absolute atomic E-state index is 12.4. The van der Waals surface area contributed by atoms with E-state index in [9.17, 15) is 9.90 Å². The van der Waals surface area contributed by atoms with Crippen LogP contribution in [0.25, 0.3) is 5.52 Å². The lowest BCUT2D eigenvalue weighted by Gasteiger charge is -2.47. The molecule has 1 aliphatic rings. The number of ether oxygens (including phenoxy) is 1. The maximum Gasteiger partial charge on any atom is 0.271 e. The number of aliphatic hydroxyl groups is 1. The van der Waals surface area contributed by atoms with Gasteiger partial charge in [0.1, 0.15) is 0 Å². The van der Waals surface area contributed by atoms with Crippen LogP contribution in [0.3, 0.4) is 0 Å². The summed E-state index contributed by atoms with van der Waals surface area (Å²) >= 11 is 3.38. The van der Waals surface area contributed by atoms with E-state index in [1.54, 1.807) is 16.8 Å². The Morgan fingerprint density at radius 2 is 2.38 bits per heavy atom. The largest absolute Gasteiger partial charge is 0.394 e. The molecule has 3 rings (SSSR count). The summed E-state index contributed by atoms with van der Waals surface area (Å²) in [6.07, 6.45) is 1.80. The van der Waals surface area contributed by atoms with Gasteiger partial charge in [-0.15, -0.1) is 0 Å². The highest BCUT2D eigenvalue weighted by Gasteiger charge is 2.40. The topological polar surface area (TPSA) is 79.1 Å². The van der Waals surface area contributed by atoms with Crippen LogP contribution in [0.1, 0.15) is 17.4 Å². The summed E-state index contributed by atoms with van der Waals surface area (Å²) in [5.74, 6) is -0.269. The van der Waals surface area contributed by atoms with E-state index in [1.807, 2.05) is 26.1 Å². The van der Waals surface area contributed by atoms with Crippen LogP contribution in [-0.2, 0) is 4.74 Å². The first kappa shape index (κ1) is 17.3. The van der Waals surface area contributed by atoms with Gasteiger partial charge in [-0.1, -0.05) is 0 Å². The molecule has 0 radical (unpaired) electrons. The average molecular weight is 397 g/mol. The summed E-state index contributed by atoms with van der Waals surface area (Å²) < 4.78 is 8.12. The number of pyridine rings is 1. The van der Waals surface area contributed by atoms with Crippen molar-refractivity contribution in [3.05, 3.63) is 34.6 Å². The molecule has 0 unspecified atom stereocenters. The molecule has 130 valence electrons. The monoisotopic (exact) mass is 396 g/mol. The first-order valence-corrected chi connectivity index (χ1v) is 8.59. The van der Waals surface area contributed by atoms with Crippen LogP contribution in [0.15, 0.2) is 28.9 Å². The van der Waals surface area contributed by atoms with Gasteiger partial charge in [-0.05, 0) is 48.1 Å². The van der Waals surface area contributed by atoms with E-state index in [2.05, 4.69) is 31.2 Å². The molecule has 2 N–H and O–H groups in total. The molecule has 8 heteroatoms. The Morgan fingerprint density at radius 3 is 3.12 bits per heavy atom. The molecule has 2 aromatic heterocycles. The minimum atomic E-state index is -0.616. The van der Waals surface area contributed by atoms with E-state index in [-0.39, 0.29) is 18.6 Å². The van der Waals surface area contributed by atoms with Crippen molar-refractivity contribution in [2.45, 2.75) is 18.5 Å². The zero-order valence-corrected chi connectivity index (χ0v) is 15.3. The predicted molar refractivity (Wildman–Crippen MR) is 93.1 cm³/mol. The van der Waals surface area contributed by atoms with Crippen LogP contribution in [0, 0.1) is 0 Å². The number of halogens is 1. The van der Waals surface area contributed by atoms with Crippen molar-refractivity contribution >= 4 is 27.4 Å². The van der Waals surface area contributed by atoms with Crippen LogP contribution in [-0.4, -0.2) is 70.5 Å². The molecule has 1 amide bonds. The summed E-state index contributed by atoms with van der Waals surface area (Å²) in [4.78, 5) is 14.5. The standard InChI is InChI=1S/C16H21BrN4O3/c1-11-7-24-10-16(9-22,20(11)2)8-18-15(23)14-5-13-4-3-12(17)6-21(13)19-14/h3-6,11,22H,7-10H2,1-2H3,(H,18,23)/t11-,16+/m1/s1. The van der Waals surface area contributed by atoms with Gasteiger partial charge >= 0.3 is 0 Å².